The number of hydrogen-bond acceptors (Lipinski definition) is 3. The van der Waals surface area contributed by atoms with Crippen LogP contribution in [0.4, 0.5) is 4.79 Å². The number of benzene rings is 2. The van der Waals surface area contributed by atoms with E-state index in [-0.39, 0.29) is 12.1 Å². The Morgan fingerprint density at radius 1 is 1.27 bits per heavy atom. The van der Waals surface area contributed by atoms with Crippen molar-refractivity contribution in [2.24, 2.45) is 0 Å². The molecular formula is C19H17Cl2N3O2. The van der Waals surface area contributed by atoms with Gasteiger partial charge in [0.05, 0.1) is 34.8 Å². The summed E-state index contributed by atoms with van der Waals surface area (Å²) < 4.78 is 5.77. The van der Waals surface area contributed by atoms with E-state index in [1.165, 1.54) is 0 Å². The number of halogens is 2. The van der Waals surface area contributed by atoms with Crippen molar-refractivity contribution in [1.29, 1.82) is 5.26 Å². The summed E-state index contributed by atoms with van der Waals surface area (Å²) in [5.41, 5.74) is 2.34. The zero-order chi connectivity index (χ0) is 18.5. The maximum absolute atomic E-state index is 12.5. The number of nitrogens with zero attached hydrogens (tertiary/aromatic N) is 2. The number of morpholine rings is 1. The minimum Gasteiger partial charge on any atom is -0.370 e. The van der Waals surface area contributed by atoms with Crippen LogP contribution in [0.5, 0.6) is 0 Å². The predicted molar refractivity (Wildman–Crippen MR) is 100 cm³/mol. The number of urea groups is 1. The first kappa shape index (κ1) is 18.5. The molecule has 1 N–H and O–H groups in total. The van der Waals surface area contributed by atoms with Crippen LogP contribution >= 0.6 is 23.2 Å². The molecule has 26 heavy (non-hydrogen) atoms. The second-order valence-electron chi connectivity index (χ2n) is 5.95. The summed E-state index contributed by atoms with van der Waals surface area (Å²) in [7, 11) is 0. The van der Waals surface area contributed by atoms with Crippen LogP contribution in [0.15, 0.2) is 42.5 Å². The molecule has 2 amide bonds. The molecule has 2 aromatic carbocycles. The SMILES string of the molecule is N#Cc1cccc(CNC(=O)N2CCOC(c3ccc(Cl)c(Cl)c3)C2)c1. The van der Waals surface area contributed by atoms with Crippen LogP contribution in [0.3, 0.4) is 0 Å². The first-order valence-electron chi connectivity index (χ1n) is 8.15. The van der Waals surface area contributed by atoms with E-state index in [0.717, 1.165) is 11.1 Å². The first-order valence-corrected chi connectivity index (χ1v) is 8.91. The molecule has 0 aliphatic carbocycles. The van der Waals surface area contributed by atoms with Gasteiger partial charge in [0.1, 0.15) is 6.10 Å². The van der Waals surface area contributed by atoms with Gasteiger partial charge in [-0.3, -0.25) is 0 Å². The molecule has 134 valence electrons. The number of rotatable bonds is 3. The zero-order valence-corrected chi connectivity index (χ0v) is 15.4. The fourth-order valence-corrected chi connectivity index (χ4v) is 3.09. The van der Waals surface area contributed by atoms with Crippen LogP contribution in [-0.4, -0.2) is 30.6 Å². The van der Waals surface area contributed by atoms with E-state index in [9.17, 15) is 4.79 Å². The van der Waals surface area contributed by atoms with Crippen molar-refractivity contribution in [2.45, 2.75) is 12.6 Å². The molecule has 2 aromatic rings. The van der Waals surface area contributed by atoms with Crippen molar-refractivity contribution in [3.63, 3.8) is 0 Å². The van der Waals surface area contributed by atoms with E-state index in [0.29, 0.717) is 41.8 Å². The Morgan fingerprint density at radius 2 is 2.12 bits per heavy atom. The highest BCUT2D eigenvalue weighted by molar-refractivity contribution is 6.42. The zero-order valence-electron chi connectivity index (χ0n) is 13.9. The van der Waals surface area contributed by atoms with Crippen LogP contribution in [-0.2, 0) is 11.3 Å². The maximum atomic E-state index is 12.5. The van der Waals surface area contributed by atoms with Crippen molar-refractivity contribution in [2.75, 3.05) is 19.7 Å². The molecule has 1 fully saturated rings. The Hall–Kier alpha value is -2.26. The molecule has 1 aliphatic rings. The molecule has 0 radical (unpaired) electrons. The summed E-state index contributed by atoms with van der Waals surface area (Å²) in [4.78, 5) is 14.2. The highest BCUT2D eigenvalue weighted by Crippen LogP contribution is 2.29. The molecule has 7 heteroatoms. The van der Waals surface area contributed by atoms with Gasteiger partial charge in [0.15, 0.2) is 0 Å². The van der Waals surface area contributed by atoms with Crippen LogP contribution in [0.2, 0.25) is 10.0 Å². The van der Waals surface area contributed by atoms with Gasteiger partial charge in [-0.2, -0.15) is 5.26 Å². The molecule has 0 bridgehead atoms. The van der Waals surface area contributed by atoms with E-state index in [1.54, 1.807) is 35.2 Å². The Labute approximate surface area is 162 Å². The molecule has 1 aliphatic heterocycles. The molecular weight excluding hydrogens is 373 g/mol. The smallest absolute Gasteiger partial charge is 0.317 e. The molecule has 1 atom stereocenters. The van der Waals surface area contributed by atoms with Gasteiger partial charge in [-0.15, -0.1) is 0 Å². The van der Waals surface area contributed by atoms with E-state index < -0.39 is 0 Å². The van der Waals surface area contributed by atoms with Crippen molar-refractivity contribution in [1.82, 2.24) is 10.2 Å². The van der Waals surface area contributed by atoms with Gasteiger partial charge in [0.2, 0.25) is 0 Å². The summed E-state index contributed by atoms with van der Waals surface area (Å²) in [6, 6.07) is 14.4. The Balaban J connectivity index is 1.60. The van der Waals surface area contributed by atoms with Crippen molar-refractivity contribution < 1.29 is 9.53 Å². The standard InChI is InChI=1S/C19H17Cl2N3O2/c20-16-5-4-15(9-17(16)21)18-12-24(6-7-26-18)19(25)23-11-14-3-1-2-13(8-14)10-22/h1-5,8-9,18H,6-7,11-12H2,(H,23,25). The number of nitrogens with one attached hydrogen (secondary N) is 1. The molecule has 1 saturated heterocycles. The van der Waals surface area contributed by atoms with Gasteiger partial charge >= 0.3 is 6.03 Å². The molecule has 5 nitrogen and oxygen atoms in total. The van der Waals surface area contributed by atoms with Gasteiger partial charge in [-0.25, -0.2) is 4.79 Å². The quantitative estimate of drug-likeness (QED) is 0.857. The average Bonchev–Trinajstić information content (AvgIpc) is 2.68. The largest absolute Gasteiger partial charge is 0.370 e. The fraction of sp³-hybridized carbons (Fsp3) is 0.263. The predicted octanol–water partition coefficient (Wildman–Crippen LogP) is 4.15. The summed E-state index contributed by atoms with van der Waals surface area (Å²) >= 11 is 12.0. The molecule has 3 rings (SSSR count). The summed E-state index contributed by atoms with van der Waals surface area (Å²) in [5, 5.41) is 12.8. The minimum absolute atomic E-state index is 0.166. The van der Waals surface area contributed by atoms with Crippen LogP contribution < -0.4 is 5.32 Å². The van der Waals surface area contributed by atoms with Crippen LogP contribution in [0.25, 0.3) is 0 Å². The van der Waals surface area contributed by atoms with Crippen LogP contribution in [0, 0.1) is 11.3 Å². The van der Waals surface area contributed by atoms with Gasteiger partial charge in [-0.1, -0.05) is 41.4 Å². The fourth-order valence-electron chi connectivity index (χ4n) is 2.79. The lowest BCUT2D eigenvalue weighted by molar-refractivity contribution is -0.0154. The number of hydrogen-bond donors (Lipinski definition) is 1. The van der Waals surface area contributed by atoms with Crippen molar-refractivity contribution in [3.05, 3.63) is 69.2 Å². The third-order valence-corrected chi connectivity index (χ3v) is 4.91. The first-order chi connectivity index (χ1) is 12.6. The lowest BCUT2D eigenvalue weighted by Gasteiger charge is -2.33. The van der Waals surface area contributed by atoms with E-state index in [4.69, 9.17) is 33.2 Å². The number of ether oxygens (including phenoxy) is 1. The van der Waals surface area contributed by atoms with Gasteiger partial charge in [-0.05, 0) is 35.4 Å². The lowest BCUT2D eigenvalue weighted by atomic mass is 10.1. The minimum atomic E-state index is -0.244. The molecule has 0 aromatic heterocycles. The Kier molecular flexibility index (Phi) is 6.00. The number of nitriles is 1. The van der Waals surface area contributed by atoms with Crippen molar-refractivity contribution in [3.8, 4) is 6.07 Å². The number of amides is 2. The summed E-state index contributed by atoms with van der Waals surface area (Å²) in [5.74, 6) is 0. The third-order valence-electron chi connectivity index (χ3n) is 4.17. The second-order valence-corrected chi connectivity index (χ2v) is 6.76. The van der Waals surface area contributed by atoms with Crippen LogP contribution in [0.1, 0.15) is 22.8 Å². The third kappa shape index (κ3) is 4.47. The average molecular weight is 390 g/mol. The monoisotopic (exact) mass is 389 g/mol. The topological polar surface area (TPSA) is 65.4 Å². The number of carbonyl (C=O) groups is 1. The lowest BCUT2D eigenvalue weighted by Crippen LogP contribution is -2.46. The van der Waals surface area contributed by atoms with Gasteiger partial charge in [0, 0.05) is 13.1 Å². The second kappa shape index (κ2) is 8.41. The normalized spacial score (nSPS) is 16.8. The van der Waals surface area contributed by atoms with E-state index in [1.807, 2.05) is 12.1 Å². The van der Waals surface area contributed by atoms with E-state index >= 15 is 0 Å². The maximum Gasteiger partial charge on any atom is 0.317 e. The number of carbonyl (C=O) groups excluding carboxylic acids is 1. The molecule has 0 spiro atoms. The molecule has 1 heterocycles. The highest BCUT2D eigenvalue weighted by atomic mass is 35.5. The Morgan fingerprint density at radius 3 is 2.88 bits per heavy atom. The molecule has 1 unspecified atom stereocenters. The highest BCUT2D eigenvalue weighted by Gasteiger charge is 2.25. The summed E-state index contributed by atoms with van der Waals surface area (Å²) in [6.45, 7) is 1.76. The van der Waals surface area contributed by atoms with Gasteiger partial charge in [0.25, 0.3) is 0 Å². The van der Waals surface area contributed by atoms with Crippen molar-refractivity contribution >= 4 is 29.2 Å². The molecule has 0 saturated carbocycles. The van der Waals surface area contributed by atoms with E-state index in [2.05, 4.69) is 11.4 Å². The Bertz CT molecular complexity index is 851. The summed E-state index contributed by atoms with van der Waals surface area (Å²) in [6.07, 6.45) is -0.244. The van der Waals surface area contributed by atoms with Gasteiger partial charge < -0.3 is 15.0 Å².